The second-order valence-corrected chi connectivity index (χ2v) is 4.31. The highest BCUT2D eigenvalue weighted by Crippen LogP contribution is 2.43. The van der Waals surface area contributed by atoms with E-state index in [1.165, 1.54) is 6.07 Å². The van der Waals surface area contributed by atoms with Crippen LogP contribution < -0.4 is 14.8 Å². The molecule has 0 spiro atoms. The number of carbonyl (C=O) groups excluding carboxylic acids is 1. The molecule has 2 rings (SSSR count). The normalized spacial score (nSPS) is 15.3. The number of aliphatic hydroxyl groups excluding tert-OH is 1. The van der Waals surface area contributed by atoms with Crippen LogP contribution in [0, 0.1) is 0 Å². The van der Waals surface area contributed by atoms with Gasteiger partial charge in [-0.3, -0.25) is 4.79 Å². The molecule has 0 amide bonds. The topological polar surface area (TPSA) is 67.8 Å². The van der Waals surface area contributed by atoms with Crippen LogP contribution >= 0.6 is 11.6 Å². The van der Waals surface area contributed by atoms with Crippen LogP contribution in [0.15, 0.2) is 6.07 Å². The predicted octanol–water partition coefficient (Wildman–Crippen LogP) is 1.18. The average molecular weight is 272 g/mol. The molecule has 0 radical (unpaired) electrons. The Bertz CT molecular complexity index is 464. The second kappa shape index (κ2) is 5.56. The molecule has 1 aliphatic rings. The maximum atomic E-state index is 11.0. The van der Waals surface area contributed by atoms with E-state index in [4.69, 9.17) is 21.1 Å². The molecule has 5 nitrogen and oxygen atoms in total. The van der Waals surface area contributed by atoms with E-state index in [9.17, 15) is 9.90 Å². The molecule has 1 atom stereocenters. The highest BCUT2D eigenvalue weighted by molar-refractivity contribution is 6.32. The number of fused-ring (bicyclic) bond motifs is 1. The smallest absolute Gasteiger partial charge is 0.172 e. The summed E-state index contributed by atoms with van der Waals surface area (Å²) in [5.74, 6) is 0.712. The minimum atomic E-state index is -0.821. The van der Waals surface area contributed by atoms with Crippen LogP contribution in [0.5, 0.6) is 11.5 Å². The van der Waals surface area contributed by atoms with Crippen molar-refractivity contribution >= 4 is 17.9 Å². The molecule has 1 unspecified atom stereocenters. The highest BCUT2D eigenvalue weighted by Gasteiger charge is 2.26. The van der Waals surface area contributed by atoms with E-state index in [0.29, 0.717) is 53.7 Å². The number of hydrogen-bond donors (Lipinski definition) is 2. The summed E-state index contributed by atoms with van der Waals surface area (Å²) in [6.45, 7) is 1.07. The Labute approximate surface area is 110 Å². The van der Waals surface area contributed by atoms with Gasteiger partial charge in [0.25, 0.3) is 0 Å². The van der Waals surface area contributed by atoms with Crippen LogP contribution in [0.1, 0.15) is 22.0 Å². The van der Waals surface area contributed by atoms with Crippen molar-refractivity contribution in [3.05, 3.63) is 22.2 Å². The number of aliphatic hydroxyl groups is 1. The van der Waals surface area contributed by atoms with Gasteiger partial charge in [-0.1, -0.05) is 11.6 Å². The predicted molar refractivity (Wildman–Crippen MR) is 66.7 cm³/mol. The van der Waals surface area contributed by atoms with Crippen LogP contribution in [-0.4, -0.2) is 38.2 Å². The molecule has 1 aromatic carbocycles. The van der Waals surface area contributed by atoms with Crippen molar-refractivity contribution in [2.75, 3.05) is 26.8 Å². The largest absolute Gasteiger partial charge is 0.486 e. The van der Waals surface area contributed by atoms with Crippen molar-refractivity contribution in [3.63, 3.8) is 0 Å². The fraction of sp³-hybridized carbons (Fsp3) is 0.417. The Morgan fingerprint density at radius 3 is 2.78 bits per heavy atom. The number of rotatable bonds is 4. The Morgan fingerprint density at radius 2 is 2.17 bits per heavy atom. The standard InChI is InChI=1S/C12H14ClNO4/c1-14-5-9(16)10-8(13)4-7(6-15)11-12(10)18-3-2-17-11/h4,6,9,14,16H,2-3,5H2,1H3. The number of ether oxygens (including phenoxy) is 2. The molecule has 18 heavy (non-hydrogen) atoms. The van der Waals surface area contributed by atoms with Crippen molar-refractivity contribution in [2.45, 2.75) is 6.10 Å². The molecule has 0 aliphatic carbocycles. The zero-order valence-corrected chi connectivity index (χ0v) is 10.7. The lowest BCUT2D eigenvalue weighted by molar-refractivity contribution is 0.110. The van der Waals surface area contributed by atoms with Crippen molar-refractivity contribution in [1.82, 2.24) is 5.32 Å². The molecule has 0 fully saturated rings. The second-order valence-electron chi connectivity index (χ2n) is 3.91. The van der Waals surface area contributed by atoms with E-state index >= 15 is 0 Å². The number of aldehydes is 1. The monoisotopic (exact) mass is 271 g/mol. The number of likely N-dealkylation sites (N-methyl/N-ethyl adjacent to an activating group) is 1. The van der Waals surface area contributed by atoms with Crippen molar-refractivity contribution in [2.24, 2.45) is 0 Å². The summed E-state index contributed by atoms with van der Waals surface area (Å²) < 4.78 is 10.9. The SMILES string of the molecule is CNCC(O)c1c(Cl)cc(C=O)c2c1OCCO2. The molecule has 1 aliphatic heterocycles. The van der Waals surface area contributed by atoms with Crippen LogP contribution in [0.2, 0.25) is 5.02 Å². The maximum absolute atomic E-state index is 11.0. The zero-order chi connectivity index (χ0) is 13.1. The first kappa shape index (κ1) is 13.1. The number of benzene rings is 1. The first-order valence-corrected chi connectivity index (χ1v) is 5.96. The summed E-state index contributed by atoms with van der Waals surface area (Å²) in [7, 11) is 1.72. The molecule has 2 N–H and O–H groups in total. The first-order chi connectivity index (χ1) is 8.69. The number of halogens is 1. The molecule has 6 heteroatoms. The Kier molecular flexibility index (Phi) is 4.06. The lowest BCUT2D eigenvalue weighted by Crippen LogP contribution is -2.22. The van der Waals surface area contributed by atoms with E-state index in [2.05, 4.69) is 5.32 Å². The van der Waals surface area contributed by atoms with E-state index in [1.807, 2.05) is 0 Å². The van der Waals surface area contributed by atoms with E-state index in [1.54, 1.807) is 7.05 Å². The van der Waals surface area contributed by atoms with Crippen molar-refractivity contribution in [3.8, 4) is 11.5 Å². The minimum absolute atomic E-state index is 0.295. The van der Waals surface area contributed by atoms with Gasteiger partial charge in [0.15, 0.2) is 17.8 Å². The molecule has 0 aromatic heterocycles. The van der Waals surface area contributed by atoms with Gasteiger partial charge in [-0.2, -0.15) is 0 Å². The van der Waals surface area contributed by atoms with Crippen molar-refractivity contribution in [1.29, 1.82) is 0 Å². The third-order valence-corrected chi connectivity index (χ3v) is 3.00. The molecule has 1 aromatic rings. The highest BCUT2D eigenvalue weighted by atomic mass is 35.5. The van der Waals surface area contributed by atoms with E-state index in [0.717, 1.165) is 0 Å². The van der Waals surface area contributed by atoms with Crippen molar-refractivity contribution < 1.29 is 19.4 Å². The number of nitrogens with one attached hydrogen (secondary N) is 1. The molecular weight excluding hydrogens is 258 g/mol. The van der Waals surface area contributed by atoms with Crippen LogP contribution in [0.4, 0.5) is 0 Å². The Hall–Kier alpha value is -1.30. The summed E-state index contributed by atoms with van der Waals surface area (Å²) >= 11 is 6.09. The Balaban J connectivity index is 2.55. The molecule has 0 saturated carbocycles. The summed E-state index contributed by atoms with van der Waals surface area (Å²) in [6.07, 6.45) is -0.160. The summed E-state index contributed by atoms with van der Waals surface area (Å²) in [5.41, 5.74) is 0.779. The van der Waals surface area contributed by atoms with E-state index in [-0.39, 0.29) is 0 Å². The van der Waals surface area contributed by atoms with Gasteiger partial charge in [0.05, 0.1) is 16.7 Å². The van der Waals surface area contributed by atoms with E-state index < -0.39 is 6.10 Å². The Morgan fingerprint density at radius 1 is 1.50 bits per heavy atom. The van der Waals surface area contributed by atoms with Gasteiger partial charge >= 0.3 is 0 Å². The molecule has 0 saturated heterocycles. The summed E-state index contributed by atoms with van der Waals surface area (Å²) in [6, 6.07) is 1.48. The maximum Gasteiger partial charge on any atom is 0.172 e. The number of hydrogen-bond acceptors (Lipinski definition) is 5. The molecule has 1 heterocycles. The fourth-order valence-corrected chi connectivity index (χ4v) is 2.24. The number of carbonyl (C=O) groups is 1. The zero-order valence-electron chi connectivity index (χ0n) is 9.90. The average Bonchev–Trinajstić information content (AvgIpc) is 2.37. The lowest BCUT2D eigenvalue weighted by atomic mass is 10.0. The third-order valence-electron chi connectivity index (χ3n) is 2.69. The quantitative estimate of drug-likeness (QED) is 0.805. The van der Waals surface area contributed by atoms with Gasteiger partial charge in [0.2, 0.25) is 0 Å². The van der Waals surface area contributed by atoms with Gasteiger partial charge in [0.1, 0.15) is 13.2 Å². The van der Waals surface area contributed by atoms with Gasteiger partial charge in [0, 0.05) is 12.1 Å². The first-order valence-electron chi connectivity index (χ1n) is 5.58. The lowest BCUT2D eigenvalue weighted by Gasteiger charge is -2.25. The van der Waals surface area contributed by atoms with Gasteiger partial charge < -0.3 is 19.9 Å². The van der Waals surface area contributed by atoms with Crippen LogP contribution in [-0.2, 0) is 0 Å². The summed E-state index contributed by atoms with van der Waals surface area (Å²) in [5, 5.41) is 13.2. The minimum Gasteiger partial charge on any atom is -0.486 e. The molecule has 98 valence electrons. The fourth-order valence-electron chi connectivity index (χ4n) is 1.91. The molecule has 0 bridgehead atoms. The van der Waals surface area contributed by atoms with Gasteiger partial charge in [-0.15, -0.1) is 0 Å². The summed E-state index contributed by atoms with van der Waals surface area (Å²) in [4.78, 5) is 11.0. The van der Waals surface area contributed by atoms with Gasteiger partial charge in [-0.25, -0.2) is 0 Å². The third kappa shape index (κ3) is 2.29. The van der Waals surface area contributed by atoms with Gasteiger partial charge in [-0.05, 0) is 13.1 Å². The van der Waals surface area contributed by atoms with Crippen LogP contribution in [0.3, 0.4) is 0 Å². The molecular formula is C12H14ClNO4. The van der Waals surface area contributed by atoms with Crippen LogP contribution in [0.25, 0.3) is 0 Å².